The maximum atomic E-state index is 12.4. The van der Waals surface area contributed by atoms with Crippen molar-refractivity contribution >= 4 is 28.8 Å². The molecule has 0 fully saturated rings. The van der Waals surface area contributed by atoms with Crippen molar-refractivity contribution in [3.8, 4) is 0 Å². The highest BCUT2D eigenvalue weighted by Gasteiger charge is 2.28. The minimum absolute atomic E-state index is 0.0341. The Morgan fingerprint density at radius 2 is 1.88 bits per heavy atom. The number of imide groups is 1. The third-order valence-corrected chi connectivity index (χ3v) is 3.31. The lowest BCUT2D eigenvalue weighted by molar-refractivity contribution is -0.130. The normalized spacial score (nSPS) is 12.0. The van der Waals surface area contributed by atoms with Gasteiger partial charge in [0.1, 0.15) is 0 Å². The van der Waals surface area contributed by atoms with E-state index in [0.29, 0.717) is 10.9 Å². The SMILES string of the molecule is CC(C)[C@H](OC(=O)c1cc(=O)[nH]c2ccccc12)C(=O)NC(N)=O. The molecular formula is C16H17N3O5. The van der Waals surface area contributed by atoms with E-state index >= 15 is 0 Å². The monoisotopic (exact) mass is 331 g/mol. The zero-order valence-electron chi connectivity index (χ0n) is 13.2. The lowest BCUT2D eigenvalue weighted by atomic mass is 10.1. The molecule has 2 rings (SSSR count). The highest BCUT2D eigenvalue weighted by Crippen LogP contribution is 2.17. The van der Waals surface area contributed by atoms with E-state index < -0.39 is 35.5 Å². The van der Waals surface area contributed by atoms with Crippen LogP contribution < -0.4 is 16.6 Å². The quantitative estimate of drug-likeness (QED) is 0.716. The Hall–Kier alpha value is -3.16. The molecule has 4 N–H and O–H groups in total. The van der Waals surface area contributed by atoms with Gasteiger partial charge in [-0.1, -0.05) is 32.0 Å². The van der Waals surface area contributed by atoms with E-state index in [2.05, 4.69) is 4.98 Å². The number of aromatic nitrogens is 1. The summed E-state index contributed by atoms with van der Waals surface area (Å²) in [5.41, 5.74) is 4.95. The maximum Gasteiger partial charge on any atom is 0.339 e. The molecule has 0 spiro atoms. The van der Waals surface area contributed by atoms with Gasteiger partial charge in [-0.2, -0.15) is 0 Å². The Balaban J connectivity index is 2.36. The van der Waals surface area contributed by atoms with E-state index in [9.17, 15) is 19.2 Å². The number of nitrogens with two attached hydrogens (primary N) is 1. The number of nitrogens with one attached hydrogen (secondary N) is 2. The largest absolute Gasteiger partial charge is 0.448 e. The Kier molecular flexibility index (Phi) is 4.98. The number of fused-ring (bicyclic) bond motifs is 1. The standard InChI is InChI=1S/C16H17N3O5/c1-8(2)13(14(21)19-16(17)23)24-15(22)10-7-12(20)18-11-6-4-3-5-9(10)11/h3-8,13H,1-2H3,(H,18,20)(H3,17,19,21,23)/t13-/m0/s1. The van der Waals surface area contributed by atoms with Crippen molar-refractivity contribution in [1.29, 1.82) is 0 Å². The summed E-state index contributed by atoms with van der Waals surface area (Å²) in [5.74, 6) is -2.06. The molecule has 0 aliphatic carbocycles. The lowest BCUT2D eigenvalue weighted by Gasteiger charge is -2.20. The van der Waals surface area contributed by atoms with Gasteiger partial charge in [-0.05, 0) is 12.0 Å². The fraction of sp³-hybridized carbons (Fsp3) is 0.250. The first-order chi connectivity index (χ1) is 11.3. The second-order valence-corrected chi connectivity index (χ2v) is 5.52. The van der Waals surface area contributed by atoms with Crippen molar-refractivity contribution < 1.29 is 19.1 Å². The van der Waals surface area contributed by atoms with Crippen LogP contribution >= 0.6 is 0 Å². The number of hydrogen-bond donors (Lipinski definition) is 3. The molecule has 1 aromatic heterocycles. The van der Waals surface area contributed by atoms with E-state index in [1.165, 1.54) is 0 Å². The highest BCUT2D eigenvalue weighted by molar-refractivity contribution is 6.04. The van der Waals surface area contributed by atoms with Crippen LogP contribution in [0.15, 0.2) is 35.1 Å². The number of carbonyl (C=O) groups excluding carboxylic acids is 3. The second-order valence-electron chi connectivity index (χ2n) is 5.52. The van der Waals surface area contributed by atoms with Crippen LogP contribution in [0.25, 0.3) is 10.9 Å². The molecular weight excluding hydrogens is 314 g/mol. The number of rotatable bonds is 4. The molecule has 1 aromatic carbocycles. The summed E-state index contributed by atoms with van der Waals surface area (Å²) in [5, 5.41) is 2.37. The molecule has 0 saturated carbocycles. The number of para-hydroxylation sites is 1. The molecule has 8 heteroatoms. The van der Waals surface area contributed by atoms with Gasteiger partial charge >= 0.3 is 12.0 Å². The molecule has 0 aliphatic heterocycles. The molecule has 3 amide bonds. The fourth-order valence-electron chi connectivity index (χ4n) is 2.24. The van der Waals surface area contributed by atoms with E-state index in [1.54, 1.807) is 38.1 Å². The fourth-order valence-corrected chi connectivity index (χ4v) is 2.24. The summed E-state index contributed by atoms with van der Waals surface area (Å²) in [7, 11) is 0. The van der Waals surface area contributed by atoms with Gasteiger partial charge in [-0.3, -0.25) is 14.9 Å². The molecule has 0 unspecified atom stereocenters. The summed E-state index contributed by atoms with van der Waals surface area (Å²) in [6, 6.07) is 6.78. The molecule has 0 bridgehead atoms. The van der Waals surface area contributed by atoms with Crippen molar-refractivity contribution in [1.82, 2.24) is 10.3 Å². The first-order valence-corrected chi connectivity index (χ1v) is 7.23. The number of urea groups is 1. The van der Waals surface area contributed by atoms with Crippen molar-refractivity contribution in [3.63, 3.8) is 0 Å². The van der Waals surface area contributed by atoms with Crippen LogP contribution in [0.1, 0.15) is 24.2 Å². The third kappa shape index (κ3) is 3.78. The first kappa shape index (κ1) is 17.2. The van der Waals surface area contributed by atoms with Crippen LogP contribution in [-0.2, 0) is 9.53 Å². The van der Waals surface area contributed by atoms with Gasteiger partial charge in [0, 0.05) is 17.0 Å². The average molecular weight is 331 g/mol. The number of amides is 3. The molecule has 24 heavy (non-hydrogen) atoms. The van der Waals surface area contributed by atoms with Gasteiger partial charge in [0.2, 0.25) is 5.56 Å². The maximum absolute atomic E-state index is 12.4. The molecule has 8 nitrogen and oxygen atoms in total. The van der Waals surface area contributed by atoms with Gasteiger partial charge in [0.05, 0.1) is 5.56 Å². The van der Waals surface area contributed by atoms with Gasteiger partial charge in [-0.25, -0.2) is 9.59 Å². The summed E-state index contributed by atoms with van der Waals surface area (Å²) in [4.78, 5) is 49.5. The first-order valence-electron chi connectivity index (χ1n) is 7.23. The summed E-state index contributed by atoms with van der Waals surface area (Å²) in [6.07, 6.45) is -1.22. The number of benzene rings is 1. The molecule has 0 aliphatic rings. The van der Waals surface area contributed by atoms with E-state index in [1.807, 2.05) is 5.32 Å². The van der Waals surface area contributed by atoms with Gasteiger partial charge in [-0.15, -0.1) is 0 Å². The van der Waals surface area contributed by atoms with Crippen LogP contribution in [0.3, 0.4) is 0 Å². The predicted octanol–water partition coefficient (Wildman–Crippen LogP) is 0.904. The molecule has 1 atom stereocenters. The van der Waals surface area contributed by atoms with Crippen LogP contribution in [0.2, 0.25) is 0 Å². The van der Waals surface area contributed by atoms with Gasteiger partial charge in [0.15, 0.2) is 6.10 Å². The smallest absolute Gasteiger partial charge is 0.339 e. The number of primary amides is 1. The molecule has 0 saturated heterocycles. The van der Waals surface area contributed by atoms with Crippen LogP contribution in [0.4, 0.5) is 4.79 Å². The van der Waals surface area contributed by atoms with Crippen LogP contribution in [-0.4, -0.2) is 29.0 Å². The van der Waals surface area contributed by atoms with Crippen molar-refractivity contribution in [2.75, 3.05) is 0 Å². The Labute approximate surface area is 137 Å². The molecule has 2 aromatic rings. The molecule has 126 valence electrons. The summed E-state index contributed by atoms with van der Waals surface area (Å²) in [6.45, 7) is 3.29. The number of carbonyl (C=O) groups is 3. The van der Waals surface area contributed by atoms with E-state index in [0.717, 1.165) is 6.07 Å². The Bertz CT molecular complexity index is 856. The lowest BCUT2D eigenvalue weighted by Crippen LogP contribution is -2.45. The number of esters is 1. The number of H-pyrrole nitrogens is 1. The Morgan fingerprint density at radius 3 is 2.50 bits per heavy atom. The number of pyridine rings is 1. The zero-order valence-corrected chi connectivity index (χ0v) is 13.2. The van der Waals surface area contributed by atoms with Gasteiger partial charge in [0.25, 0.3) is 5.91 Å². The third-order valence-electron chi connectivity index (χ3n) is 3.31. The van der Waals surface area contributed by atoms with Gasteiger partial charge < -0.3 is 15.5 Å². The molecule has 1 heterocycles. The van der Waals surface area contributed by atoms with Crippen molar-refractivity contribution in [2.45, 2.75) is 20.0 Å². The number of hydrogen-bond acceptors (Lipinski definition) is 5. The van der Waals surface area contributed by atoms with Crippen LogP contribution in [0.5, 0.6) is 0 Å². The average Bonchev–Trinajstić information content (AvgIpc) is 2.50. The van der Waals surface area contributed by atoms with E-state index in [-0.39, 0.29) is 5.56 Å². The Morgan fingerprint density at radius 1 is 1.21 bits per heavy atom. The predicted molar refractivity (Wildman–Crippen MR) is 86.3 cm³/mol. The second kappa shape index (κ2) is 6.95. The zero-order chi connectivity index (χ0) is 17.9. The number of aromatic amines is 1. The summed E-state index contributed by atoms with van der Waals surface area (Å²) >= 11 is 0. The van der Waals surface area contributed by atoms with Crippen LogP contribution in [0, 0.1) is 5.92 Å². The minimum Gasteiger partial charge on any atom is -0.448 e. The number of ether oxygens (including phenoxy) is 1. The topological polar surface area (TPSA) is 131 Å². The van der Waals surface area contributed by atoms with E-state index in [4.69, 9.17) is 10.5 Å². The molecule has 0 radical (unpaired) electrons. The minimum atomic E-state index is -1.22. The highest BCUT2D eigenvalue weighted by atomic mass is 16.5. The summed E-state index contributed by atoms with van der Waals surface area (Å²) < 4.78 is 5.21. The van der Waals surface area contributed by atoms with Crippen molar-refractivity contribution in [2.24, 2.45) is 11.7 Å². The van der Waals surface area contributed by atoms with Crippen molar-refractivity contribution in [3.05, 3.63) is 46.2 Å².